The Morgan fingerprint density at radius 1 is 1.23 bits per heavy atom. The van der Waals surface area contributed by atoms with Crippen LogP contribution in [0.4, 0.5) is 0 Å². The van der Waals surface area contributed by atoms with Crippen LogP contribution in [0.5, 0.6) is 11.5 Å². The van der Waals surface area contributed by atoms with Crippen molar-refractivity contribution in [3.8, 4) is 11.5 Å². The van der Waals surface area contributed by atoms with Crippen molar-refractivity contribution in [3.63, 3.8) is 0 Å². The molecule has 0 heterocycles. The van der Waals surface area contributed by atoms with Gasteiger partial charge in [-0.05, 0) is 24.1 Å². The van der Waals surface area contributed by atoms with Crippen LogP contribution in [-0.2, 0) is 0 Å². The lowest BCUT2D eigenvalue weighted by Gasteiger charge is -2.10. The lowest BCUT2D eigenvalue weighted by Crippen LogP contribution is -2.11. The van der Waals surface area contributed by atoms with Gasteiger partial charge in [-0.25, -0.2) is 0 Å². The fourth-order valence-corrected chi connectivity index (χ4v) is 1.08. The van der Waals surface area contributed by atoms with Gasteiger partial charge in [0.05, 0.1) is 0 Å². The Morgan fingerprint density at radius 3 is 2.46 bits per heavy atom. The molecule has 72 valence electrons. The maximum atomic E-state index is 9.15. The van der Waals surface area contributed by atoms with Crippen molar-refractivity contribution < 1.29 is 15.3 Å². The van der Waals surface area contributed by atoms with Crippen LogP contribution < -0.4 is 5.73 Å². The van der Waals surface area contributed by atoms with Crippen LogP contribution >= 0.6 is 0 Å². The zero-order valence-electron chi connectivity index (χ0n) is 7.14. The third-order valence-electron chi connectivity index (χ3n) is 1.87. The van der Waals surface area contributed by atoms with Crippen molar-refractivity contribution in [3.05, 3.63) is 23.8 Å². The van der Waals surface area contributed by atoms with E-state index in [0.29, 0.717) is 12.0 Å². The summed E-state index contributed by atoms with van der Waals surface area (Å²) in [5.74, 6) is -0.356. The normalized spacial score (nSPS) is 12.8. The Balaban J connectivity index is 2.84. The monoisotopic (exact) mass is 183 g/mol. The predicted octanol–water partition coefficient (Wildman–Crippen LogP) is 0.480. The summed E-state index contributed by atoms with van der Waals surface area (Å²) in [6.45, 7) is 0.00278. The largest absolute Gasteiger partial charge is 0.504 e. The van der Waals surface area contributed by atoms with Crippen LogP contribution in [0, 0.1) is 0 Å². The molecular weight excluding hydrogens is 170 g/mol. The zero-order valence-corrected chi connectivity index (χ0v) is 7.14. The summed E-state index contributed by atoms with van der Waals surface area (Å²) in [6.07, 6.45) is 0.435. The van der Waals surface area contributed by atoms with E-state index in [4.69, 9.17) is 21.1 Å². The van der Waals surface area contributed by atoms with E-state index < -0.39 is 0 Å². The summed E-state index contributed by atoms with van der Waals surface area (Å²) in [5, 5.41) is 26.8. The van der Waals surface area contributed by atoms with Gasteiger partial charge >= 0.3 is 0 Å². The Morgan fingerprint density at radius 2 is 1.92 bits per heavy atom. The molecule has 1 aromatic carbocycles. The Labute approximate surface area is 76.2 Å². The van der Waals surface area contributed by atoms with Crippen molar-refractivity contribution in [1.29, 1.82) is 0 Å². The van der Waals surface area contributed by atoms with Crippen LogP contribution in [0.3, 0.4) is 0 Å². The van der Waals surface area contributed by atoms with Gasteiger partial charge < -0.3 is 21.1 Å². The maximum absolute atomic E-state index is 9.15. The molecule has 0 aromatic heterocycles. The molecule has 1 aromatic rings. The quantitative estimate of drug-likeness (QED) is 0.513. The summed E-state index contributed by atoms with van der Waals surface area (Å²) < 4.78 is 0. The fraction of sp³-hybridized carbons (Fsp3) is 0.333. The smallest absolute Gasteiger partial charge is 0.157 e. The van der Waals surface area contributed by atoms with Crippen LogP contribution in [0.2, 0.25) is 0 Å². The minimum atomic E-state index is -0.309. The number of hydrogen-bond acceptors (Lipinski definition) is 4. The number of aromatic hydroxyl groups is 2. The van der Waals surface area contributed by atoms with Gasteiger partial charge in [0.25, 0.3) is 0 Å². The van der Waals surface area contributed by atoms with E-state index in [1.807, 2.05) is 0 Å². The molecule has 0 saturated heterocycles. The fourth-order valence-electron chi connectivity index (χ4n) is 1.08. The van der Waals surface area contributed by atoms with Gasteiger partial charge in [-0.1, -0.05) is 6.07 Å². The van der Waals surface area contributed by atoms with Gasteiger partial charge in [0.15, 0.2) is 11.5 Å². The van der Waals surface area contributed by atoms with Crippen LogP contribution in [0.1, 0.15) is 18.0 Å². The molecule has 0 bridgehead atoms. The molecule has 5 N–H and O–H groups in total. The van der Waals surface area contributed by atoms with Crippen molar-refractivity contribution >= 4 is 0 Å². The maximum Gasteiger partial charge on any atom is 0.157 e. The SMILES string of the molecule is N[C@H](CCO)c1ccc(O)c(O)c1. The first-order chi connectivity index (χ1) is 6.15. The standard InChI is InChI=1S/C9H13NO3/c10-7(3-4-11)6-1-2-8(12)9(13)5-6/h1-2,5,7,11-13H,3-4,10H2/t7-/m1/s1. The van der Waals surface area contributed by atoms with Crippen molar-refractivity contribution in [2.75, 3.05) is 6.61 Å². The third-order valence-corrected chi connectivity index (χ3v) is 1.87. The number of aliphatic hydroxyl groups is 1. The van der Waals surface area contributed by atoms with E-state index >= 15 is 0 Å². The molecule has 0 aliphatic carbocycles. The molecule has 4 nitrogen and oxygen atoms in total. The number of aliphatic hydroxyl groups excluding tert-OH is 1. The molecular formula is C9H13NO3. The molecule has 0 fully saturated rings. The molecule has 0 amide bonds. The number of hydrogen-bond donors (Lipinski definition) is 4. The topological polar surface area (TPSA) is 86.7 Å². The number of benzene rings is 1. The average Bonchev–Trinajstić information content (AvgIpc) is 2.10. The molecule has 0 spiro atoms. The molecule has 1 atom stereocenters. The second-order valence-electron chi connectivity index (χ2n) is 2.87. The van der Waals surface area contributed by atoms with Gasteiger partial charge in [-0.2, -0.15) is 0 Å². The van der Waals surface area contributed by atoms with E-state index in [2.05, 4.69) is 0 Å². The summed E-state index contributed by atoms with van der Waals surface area (Å²) in [5.41, 5.74) is 6.37. The zero-order chi connectivity index (χ0) is 9.84. The minimum Gasteiger partial charge on any atom is -0.504 e. The molecule has 0 radical (unpaired) electrons. The number of rotatable bonds is 3. The first-order valence-corrected chi connectivity index (χ1v) is 4.03. The minimum absolute atomic E-state index is 0.00278. The Kier molecular flexibility index (Phi) is 3.11. The number of nitrogens with two attached hydrogens (primary N) is 1. The molecule has 13 heavy (non-hydrogen) atoms. The summed E-state index contributed by atoms with van der Waals surface area (Å²) in [4.78, 5) is 0. The second kappa shape index (κ2) is 4.11. The molecule has 4 heteroatoms. The van der Waals surface area contributed by atoms with Gasteiger partial charge in [-0.3, -0.25) is 0 Å². The van der Waals surface area contributed by atoms with Crippen LogP contribution in [-0.4, -0.2) is 21.9 Å². The molecule has 0 aliphatic rings. The highest BCUT2D eigenvalue weighted by Crippen LogP contribution is 2.27. The highest BCUT2D eigenvalue weighted by Gasteiger charge is 2.07. The van der Waals surface area contributed by atoms with E-state index in [-0.39, 0.29) is 24.1 Å². The highest BCUT2D eigenvalue weighted by molar-refractivity contribution is 5.41. The Hall–Kier alpha value is -1.26. The van der Waals surface area contributed by atoms with Gasteiger partial charge in [-0.15, -0.1) is 0 Å². The van der Waals surface area contributed by atoms with E-state index in [9.17, 15) is 0 Å². The summed E-state index contributed by atoms with van der Waals surface area (Å²) in [6, 6.07) is 4.09. The summed E-state index contributed by atoms with van der Waals surface area (Å²) >= 11 is 0. The number of phenolic OH excluding ortho intramolecular Hbond substituents is 2. The van der Waals surface area contributed by atoms with Gasteiger partial charge in [0.2, 0.25) is 0 Å². The molecule has 0 unspecified atom stereocenters. The summed E-state index contributed by atoms with van der Waals surface area (Å²) in [7, 11) is 0. The molecule has 1 rings (SSSR count). The predicted molar refractivity (Wildman–Crippen MR) is 48.4 cm³/mol. The van der Waals surface area contributed by atoms with Crippen molar-refractivity contribution in [1.82, 2.24) is 0 Å². The van der Waals surface area contributed by atoms with Gasteiger partial charge in [0, 0.05) is 12.6 Å². The van der Waals surface area contributed by atoms with Gasteiger partial charge in [0.1, 0.15) is 0 Å². The number of phenols is 2. The van der Waals surface area contributed by atoms with Crippen LogP contribution in [0.25, 0.3) is 0 Å². The lowest BCUT2D eigenvalue weighted by molar-refractivity contribution is 0.276. The van der Waals surface area contributed by atoms with Crippen LogP contribution in [0.15, 0.2) is 18.2 Å². The lowest BCUT2D eigenvalue weighted by atomic mass is 10.0. The second-order valence-corrected chi connectivity index (χ2v) is 2.87. The third kappa shape index (κ3) is 2.34. The van der Waals surface area contributed by atoms with Crippen molar-refractivity contribution in [2.45, 2.75) is 12.5 Å². The Bertz CT molecular complexity index is 288. The average molecular weight is 183 g/mol. The first-order valence-electron chi connectivity index (χ1n) is 4.03. The highest BCUT2D eigenvalue weighted by atomic mass is 16.3. The first kappa shape index (κ1) is 9.83. The van der Waals surface area contributed by atoms with E-state index in [0.717, 1.165) is 0 Å². The van der Waals surface area contributed by atoms with E-state index in [1.165, 1.54) is 12.1 Å². The molecule has 0 aliphatic heterocycles. The van der Waals surface area contributed by atoms with E-state index in [1.54, 1.807) is 6.07 Å². The molecule has 0 saturated carbocycles. The van der Waals surface area contributed by atoms with Crippen molar-refractivity contribution in [2.24, 2.45) is 5.73 Å².